The van der Waals surface area contributed by atoms with Crippen LogP contribution in [0.1, 0.15) is 21.6 Å². The molecular formula is C18H14ClFN4O2. The fourth-order valence-corrected chi connectivity index (χ4v) is 2.59. The van der Waals surface area contributed by atoms with Crippen molar-refractivity contribution in [3.8, 4) is 5.69 Å². The Labute approximate surface area is 153 Å². The van der Waals surface area contributed by atoms with Gasteiger partial charge in [0.1, 0.15) is 11.0 Å². The molecule has 0 radical (unpaired) electrons. The van der Waals surface area contributed by atoms with Crippen molar-refractivity contribution < 1.29 is 14.3 Å². The number of rotatable bonds is 5. The third-order valence-electron chi connectivity index (χ3n) is 3.64. The SMILES string of the molecule is Cc1nn(-c2ccc(F)cc2)c(Cl)c1/C=N/Nc1ccc(C(=O)O)cc1. The maximum absolute atomic E-state index is 13.1. The molecule has 26 heavy (non-hydrogen) atoms. The van der Waals surface area contributed by atoms with Crippen LogP contribution >= 0.6 is 11.6 Å². The van der Waals surface area contributed by atoms with Crippen molar-refractivity contribution in [1.82, 2.24) is 9.78 Å². The Morgan fingerprint density at radius 1 is 1.23 bits per heavy atom. The van der Waals surface area contributed by atoms with Gasteiger partial charge in [0, 0.05) is 0 Å². The minimum atomic E-state index is -0.990. The highest BCUT2D eigenvalue weighted by atomic mass is 35.5. The number of hydrazone groups is 1. The molecule has 0 amide bonds. The van der Waals surface area contributed by atoms with Crippen molar-refractivity contribution >= 4 is 29.5 Å². The number of carbonyl (C=O) groups is 1. The van der Waals surface area contributed by atoms with Crippen LogP contribution < -0.4 is 5.43 Å². The topological polar surface area (TPSA) is 79.5 Å². The summed E-state index contributed by atoms with van der Waals surface area (Å²) in [4.78, 5) is 10.8. The highest BCUT2D eigenvalue weighted by Gasteiger charge is 2.13. The number of aromatic nitrogens is 2. The van der Waals surface area contributed by atoms with Gasteiger partial charge in [-0.25, -0.2) is 13.9 Å². The van der Waals surface area contributed by atoms with Crippen LogP contribution in [0.5, 0.6) is 0 Å². The Morgan fingerprint density at radius 3 is 2.50 bits per heavy atom. The van der Waals surface area contributed by atoms with E-state index in [-0.39, 0.29) is 11.4 Å². The molecule has 132 valence electrons. The molecule has 0 saturated heterocycles. The summed E-state index contributed by atoms with van der Waals surface area (Å²) in [7, 11) is 0. The zero-order chi connectivity index (χ0) is 18.7. The number of aryl methyl sites for hydroxylation is 1. The molecule has 0 unspecified atom stereocenters. The Bertz CT molecular complexity index is 966. The van der Waals surface area contributed by atoms with Crippen LogP contribution in [0.2, 0.25) is 5.15 Å². The van der Waals surface area contributed by atoms with E-state index < -0.39 is 5.97 Å². The van der Waals surface area contributed by atoms with Gasteiger partial charge in [0.2, 0.25) is 0 Å². The molecule has 0 aliphatic carbocycles. The van der Waals surface area contributed by atoms with Crippen LogP contribution in [-0.2, 0) is 0 Å². The predicted octanol–water partition coefficient (Wildman–Crippen LogP) is 4.12. The maximum atomic E-state index is 13.1. The lowest BCUT2D eigenvalue weighted by Gasteiger charge is -2.02. The van der Waals surface area contributed by atoms with Crippen LogP contribution in [0.25, 0.3) is 5.69 Å². The molecule has 2 aromatic carbocycles. The second-order valence-corrected chi connectivity index (χ2v) is 5.79. The molecule has 0 aliphatic rings. The lowest BCUT2D eigenvalue weighted by atomic mass is 10.2. The van der Waals surface area contributed by atoms with Gasteiger partial charge in [0.25, 0.3) is 0 Å². The maximum Gasteiger partial charge on any atom is 0.335 e. The summed E-state index contributed by atoms with van der Waals surface area (Å²) in [6, 6.07) is 12.0. The van der Waals surface area contributed by atoms with E-state index in [4.69, 9.17) is 16.7 Å². The first-order chi connectivity index (χ1) is 12.5. The minimum absolute atomic E-state index is 0.194. The van der Waals surface area contributed by atoms with Gasteiger partial charge in [-0.1, -0.05) is 11.6 Å². The Balaban J connectivity index is 1.78. The van der Waals surface area contributed by atoms with Gasteiger partial charge in [-0.15, -0.1) is 0 Å². The Kier molecular flexibility index (Phi) is 4.99. The largest absolute Gasteiger partial charge is 0.478 e. The molecule has 0 spiro atoms. The first-order valence-electron chi connectivity index (χ1n) is 7.59. The monoisotopic (exact) mass is 372 g/mol. The van der Waals surface area contributed by atoms with Crippen LogP contribution in [0.15, 0.2) is 53.6 Å². The van der Waals surface area contributed by atoms with Gasteiger partial charge in [0.05, 0.1) is 34.4 Å². The van der Waals surface area contributed by atoms with Crippen molar-refractivity contribution in [3.63, 3.8) is 0 Å². The molecule has 6 nitrogen and oxygen atoms in total. The van der Waals surface area contributed by atoms with Crippen LogP contribution in [0.4, 0.5) is 10.1 Å². The van der Waals surface area contributed by atoms with E-state index in [0.717, 1.165) is 0 Å². The van der Waals surface area contributed by atoms with Crippen LogP contribution in [0, 0.1) is 12.7 Å². The second kappa shape index (κ2) is 7.37. The van der Waals surface area contributed by atoms with E-state index in [1.165, 1.54) is 35.2 Å². The summed E-state index contributed by atoms with van der Waals surface area (Å²) in [6.45, 7) is 1.79. The first kappa shape index (κ1) is 17.6. The second-order valence-electron chi connectivity index (χ2n) is 5.43. The summed E-state index contributed by atoms with van der Waals surface area (Å²) in [5.41, 5.74) is 5.54. The number of nitrogens with zero attached hydrogens (tertiary/aromatic N) is 3. The van der Waals surface area contributed by atoms with Crippen molar-refractivity contribution in [2.24, 2.45) is 5.10 Å². The van der Waals surface area contributed by atoms with Gasteiger partial charge in [0.15, 0.2) is 0 Å². The average molecular weight is 373 g/mol. The molecule has 0 saturated carbocycles. The number of carboxylic acid groups (broad SMARTS) is 1. The standard InChI is InChI=1S/C18H14ClFN4O2/c1-11-16(10-21-22-14-6-2-12(3-7-14)18(25)26)17(19)24(23-11)15-8-4-13(20)5-9-15/h2-10,22H,1H3,(H,25,26)/b21-10+. The number of hydrogen-bond donors (Lipinski definition) is 2. The summed E-state index contributed by atoms with van der Waals surface area (Å²) in [5, 5.41) is 17.7. The van der Waals surface area contributed by atoms with Gasteiger partial charge in [-0.2, -0.15) is 10.2 Å². The first-order valence-corrected chi connectivity index (χ1v) is 7.97. The molecule has 3 rings (SSSR count). The number of aromatic carboxylic acids is 1. The fraction of sp³-hybridized carbons (Fsp3) is 0.0556. The predicted molar refractivity (Wildman–Crippen MR) is 97.9 cm³/mol. The van der Waals surface area contributed by atoms with E-state index in [2.05, 4.69) is 15.6 Å². The summed E-state index contributed by atoms with van der Waals surface area (Å²) >= 11 is 6.36. The lowest BCUT2D eigenvalue weighted by Crippen LogP contribution is -1.97. The molecular weight excluding hydrogens is 359 g/mol. The van der Waals surface area contributed by atoms with Crippen molar-refractivity contribution in [1.29, 1.82) is 0 Å². The number of anilines is 1. The number of hydrogen-bond acceptors (Lipinski definition) is 4. The van der Waals surface area contributed by atoms with Crippen molar-refractivity contribution in [3.05, 3.63) is 76.3 Å². The van der Waals surface area contributed by atoms with E-state index in [0.29, 0.717) is 27.8 Å². The van der Waals surface area contributed by atoms with Gasteiger partial charge in [-0.05, 0) is 55.5 Å². The lowest BCUT2D eigenvalue weighted by molar-refractivity contribution is 0.0697. The summed E-state index contributed by atoms with van der Waals surface area (Å²) in [5.74, 6) is -1.33. The fourth-order valence-electron chi connectivity index (χ4n) is 2.27. The van der Waals surface area contributed by atoms with Crippen molar-refractivity contribution in [2.45, 2.75) is 6.92 Å². The van der Waals surface area contributed by atoms with Crippen LogP contribution in [-0.4, -0.2) is 27.1 Å². The Hall–Kier alpha value is -3.19. The van der Waals surface area contributed by atoms with E-state index >= 15 is 0 Å². The number of nitrogens with one attached hydrogen (secondary N) is 1. The third kappa shape index (κ3) is 3.73. The molecule has 2 N–H and O–H groups in total. The summed E-state index contributed by atoms with van der Waals surface area (Å²) < 4.78 is 14.6. The Morgan fingerprint density at radius 2 is 1.88 bits per heavy atom. The van der Waals surface area contributed by atoms with Gasteiger partial charge >= 0.3 is 5.97 Å². The third-order valence-corrected chi connectivity index (χ3v) is 4.00. The zero-order valence-electron chi connectivity index (χ0n) is 13.6. The quantitative estimate of drug-likeness (QED) is 0.521. The van der Waals surface area contributed by atoms with Gasteiger partial charge < -0.3 is 5.11 Å². The molecule has 8 heteroatoms. The van der Waals surface area contributed by atoms with E-state index in [1.54, 1.807) is 31.2 Å². The average Bonchev–Trinajstić information content (AvgIpc) is 2.91. The smallest absolute Gasteiger partial charge is 0.335 e. The molecule has 3 aromatic rings. The normalized spacial score (nSPS) is 11.0. The highest BCUT2D eigenvalue weighted by Crippen LogP contribution is 2.22. The molecule has 0 bridgehead atoms. The molecule has 0 aliphatic heterocycles. The minimum Gasteiger partial charge on any atom is -0.478 e. The number of carboxylic acids is 1. The van der Waals surface area contributed by atoms with E-state index in [1.807, 2.05) is 0 Å². The molecule has 1 heterocycles. The van der Waals surface area contributed by atoms with E-state index in [9.17, 15) is 9.18 Å². The van der Waals surface area contributed by atoms with Crippen molar-refractivity contribution in [2.75, 3.05) is 5.43 Å². The highest BCUT2D eigenvalue weighted by molar-refractivity contribution is 6.32. The van der Waals surface area contributed by atoms with Gasteiger partial charge in [-0.3, -0.25) is 5.43 Å². The number of benzene rings is 2. The molecule has 0 atom stereocenters. The zero-order valence-corrected chi connectivity index (χ0v) is 14.4. The van der Waals surface area contributed by atoms with Crippen LogP contribution in [0.3, 0.4) is 0 Å². The number of halogens is 2. The molecule has 1 aromatic heterocycles. The molecule has 0 fully saturated rings. The summed E-state index contributed by atoms with van der Waals surface area (Å²) in [6.07, 6.45) is 1.52.